The van der Waals surface area contributed by atoms with Crippen LogP contribution in [0.2, 0.25) is 0 Å². The van der Waals surface area contributed by atoms with Gasteiger partial charge in [0.25, 0.3) is 5.56 Å². The van der Waals surface area contributed by atoms with Crippen molar-refractivity contribution in [3.8, 4) is 5.69 Å². The number of nitrogens with one attached hydrogen (secondary N) is 1. The van der Waals surface area contributed by atoms with Crippen molar-refractivity contribution in [2.75, 3.05) is 0 Å². The Kier molecular flexibility index (Phi) is 4.71. The Morgan fingerprint density at radius 1 is 1.24 bits per heavy atom. The first-order valence-corrected chi connectivity index (χ1v) is 11.4. The highest BCUT2D eigenvalue weighted by Gasteiger charge is 2.20. The normalized spacial score (nSPS) is 13.7. The van der Waals surface area contributed by atoms with Crippen molar-refractivity contribution in [1.29, 1.82) is 0 Å². The van der Waals surface area contributed by atoms with Crippen LogP contribution < -0.4 is 5.56 Å². The highest BCUT2D eigenvalue weighted by atomic mass is 32.2. The van der Waals surface area contributed by atoms with Crippen molar-refractivity contribution in [2.45, 2.75) is 50.4 Å². The zero-order valence-electron chi connectivity index (χ0n) is 16.2. The molecule has 29 heavy (non-hydrogen) atoms. The summed E-state index contributed by atoms with van der Waals surface area (Å²) in [4.78, 5) is 22.6. The molecule has 1 aliphatic carbocycles. The number of hydrogen-bond acceptors (Lipinski definition) is 7. The molecule has 4 aromatic rings. The van der Waals surface area contributed by atoms with E-state index in [9.17, 15) is 4.79 Å². The van der Waals surface area contributed by atoms with Crippen LogP contribution in [0.25, 0.3) is 15.9 Å². The number of hydrogen-bond donors (Lipinski definition) is 1. The Hall–Kier alpha value is -2.52. The third-order valence-electron chi connectivity index (χ3n) is 5.23. The highest BCUT2D eigenvalue weighted by molar-refractivity contribution is 7.98. The molecule has 0 aliphatic heterocycles. The molecule has 0 fully saturated rings. The number of tetrazole rings is 1. The summed E-state index contributed by atoms with van der Waals surface area (Å²) in [6.45, 7) is 4.11. The van der Waals surface area contributed by atoms with Gasteiger partial charge in [-0.05, 0) is 67.2 Å². The smallest absolute Gasteiger partial charge is 0.259 e. The van der Waals surface area contributed by atoms with Gasteiger partial charge in [-0.15, -0.1) is 16.4 Å². The molecule has 0 spiro atoms. The van der Waals surface area contributed by atoms with Crippen molar-refractivity contribution in [1.82, 2.24) is 30.2 Å². The summed E-state index contributed by atoms with van der Waals surface area (Å²) in [5.41, 5.74) is 4.44. The van der Waals surface area contributed by atoms with Crippen LogP contribution in [-0.2, 0) is 18.6 Å². The monoisotopic (exact) mass is 424 g/mol. The molecule has 0 bridgehead atoms. The lowest BCUT2D eigenvalue weighted by molar-refractivity contribution is 0.700. The zero-order chi connectivity index (χ0) is 20.0. The number of rotatable bonds is 4. The van der Waals surface area contributed by atoms with Gasteiger partial charge in [-0.1, -0.05) is 29.5 Å². The molecule has 0 radical (unpaired) electrons. The highest BCUT2D eigenvalue weighted by Crippen LogP contribution is 2.34. The van der Waals surface area contributed by atoms with Gasteiger partial charge < -0.3 is 4.98 Å². The number of H-pyrrole nitrogens is 1. The second-order valence-corrected chi connectivity index (χ2v) is 9.38. The van der Waals surface area contributed by atoms with Gasteiger partial charge in [0.15, 0.2) is 0 Å². The van der Waals surface area contributed by atoms with Crippen LogP contribution in [-0.4, -0.2) is 30.2 Å². The number of fused-ring (bicyclic) bond motifs is 3. The van der Waals surface area contributed by atoms with Gasteiger partial charge in [0.05, 0.1) is 16.8 Å². The summed E-state index contributed by atoms with van der Waals surface area (Å²) in [6, 6.07) is 6.18. The zero-order valence-corrected chi connectivity index (χ0v) is 17.9. The van der Waals surface area contributed by atoms with E-state index in [2.05, 4.69) is 33.5 Å². The van der Waals surface area contributed by atoms with Crippen molar-refractivity contribution >= 4 is 33.3 Å². The Morgan fingerprint density at radius 3 is 2.97 bits per heavy atom. The first kappa shape index (κ1) is 18.5. The fourth-order valence-electron chi connectivity index (χ4n) is 3.87. The van der Waals surface area contributed by atoms with Crippen LogP contribution in [0.3, 0.4) is 0 Å². The fraction of sp³-hybridized carbons (Fsp3) is 0.350. The fourth-order valence-corrected chi connectivity index (χ4v) is 5.91. The molecule has 148 valence electrons. The van der Waals surface area contributed by atoms with Gasteiger partial charge in [-0.3, -0.25) is 4.79 Å². The second-order valence-electron chi connectivity index (χ2n) is 7.36. The first-order chi connectivity index (χ1) is 14.1. The maximum Gasteiger partial charge on any atom is 0.259 e. The maximum atomic E-state index is 12.7. The van der Waals surface area contributed by atoms with E-state index in [0.717, 1.165) is 40.7 Å². The average Bonchev–Trinajstić information content (AvgIpc) is 3.30. The third kappa shape index (κ3) is 3.38. The Balaban J connectivity index is 1.43. The van der Waals surface area contributed by atoms with E-state index < -0.39 is 0 Å². The van der Waals surface area contributed by atoms with E-state index in [1.54, 1.807) is 16.0 Å². The number of thioether (sulfide) groups is 1. The number of aromatic amines is 1. The molecule has 0 saturated carbocycles. The van der Waals surface area contributed by atoms with Crippen LogP contribution in [0.5, 0.6) is 0 Å². The summed E-state index contributed by atoms with van der Waals surface area (Å²) in [6.07, 6.45) is 4.39. The summed E-state index contributed by atoms with van der Waals surface area (Å²) >= 11 is 3.13. The van der Waals surface area contributed by atoms with Gasteiger partial charge in [0.2, 0.25) is 5.16 Å². The molecule has 0 saturated heterocycles. The van der Waals surface area contributed by atoms with E-state index in [4.69, 9.17) is 4.98 Å². The predicted molar refractivity (Wildman–Crippen MR) is 115 cm³/mol. The van der Waals surface area contributed by atoms with Crippen LogP contribution in [0, 0.1) is 13.8 Å². The molecule has 0 amide bonds. The van der Waals surface area contributed by atoms with Gasteiger partial charge in [0, 0.05) is 4.88 Å². The van der Waals surface area contributed by atoms with Crippen LogP contribution in [0.1, 0.15) is 40.2 Å². The molecule has 0 unspecified atom stereocenters. The van der Waals surface area contributed by atoms with Crippen LogP contribution in [0.15, 0.2) is 28.2 Å². The molecule has 0 atom stereocenters. The van der Waals surface area contributed by atoms with E-state index in [1.165, 1.54) is 34.2 Å². The number of aryl methyl sites for hydroxylation is 4. The predicted octanol–water partition coefficient (Wildman–Crippen LogP) is 3.75. The van der Waals surface area contributed by atoms with Gasteiger partial charge in [0.1, 0.15) is 10.7 Å². The minimum absolute atomic E-state index is 0.0287. The molecule has 7 nitrogen and oxygen atoms in total. The first-order valence-electron chi connectivity index (χ1n) is 9.62. The lowest BCUT2D eigenvalue weighted by Gasteiger charge is -2.09. The molecule has 3 aromatic heterocycles. The molecule has 1 N–H and O–H groups in total. The topological polar surface area (TPSA) is 89.3 Å². The number of aromatic nitrogens is 6. The number of thiophene rings is 1. The molecule has 3 heterocycles. The summed E-state index contributed by atoms with van der Waals surface area (Å²) in [5.74, 6) is 1.15. The SMILES string of the molecule is Cc1ccc(-n2nnnc2SCc2nc3sc4c(c3c(=O)[nH]2)CCCC4)c(C)c1. The maximum absolute atomic E-state index is 12.7. The Morgan fingerprint density at radius 2 is 2.10 bits per heavy atom. The second kappa shape index (κ2) is 7.38. The quantitative estimate of drug-likeness (QED) is 0.502. The molecule has 5 rings (SSSR count). The summed E-state index contributed by atoms with van der Waals surface area (Å²) < 4.78 is 1.74. The summed E-state index contributed by atoms with van der Waals surface area (Å²) in [7, 11) is 0. The Labute approximate surface area is 175 Å². The van der Waals surface area contributed by atoms with E-state index in [-0.39, 0.29) is 5.56 Å². The van der Waals surface area contributed by atoms with Gasteiger partial charge in [-0.2, -0.15) is 4.68 Å². The van der Waals surface area contributed by atoms with E-state index in [0.29, 0.717) is 16.7 Å². The van der Waals surface area contributed by atoms with Gasteiger partial charge >= 0.3 is 0 Å². The number of benzene rings is 1. The van der Waals surface area contributed by atoms with E-state index >= 15 is 0 Å². The minimum atomic E-state index is -0.0287. The molecule has 1 aromatic carbocycles. The largest absolute Gasteiger partial charge is 0.309 e. The molecular weight excluding hydrogens is 404 g/mol. The van der Waals surface area contributed by atoms with Crippen molar-refractivity contribution in [2.24, 2.45) is 0 Å². The molecule has 1 aliphatic rings. The summed E-state index contributed by atoms with van der Waals surface area (Å²) in [5, 5.41) is 13.6. The average molecular weight is 425 g/mol. The van der Waals surface area contributed by atoms with Crippen molar-refractivity contribution < 1.29 is 0 Å². The molecular formula is C20H20N6OS2. The standard InChI is InChI=1S/C20H20N6OS2/c1-11-7-8-14(12(2)9-11)26-20(23-24-25-26)28-10-16-21-18(27)17-13-5-3-4-6-15(13)29-19(17)22-16/h7-9H,3-6,10H2,1-2H3,(H,21,22,27). The third-order valence-corrected chi connectivity index (χ3v) is 7.35. The van der Waals surface area contributed by atoms with E-state index in [1.807, 2.05) is 19.1 Å². The molecule has 9 heteroatoms. The lowest BCUT2D eigenvalue weighted by Crippen LogP contribution is -2.12. The van der Waals surface area contributed by atoms with Gasteiger partial charge in [-0.25, -0.2) is 4.98 Å². The van der Waals surface area contributed by atoms with Crippen molar-refractivity contribution in [3.63, 3.8) is 0 Å². The Bertz CT molecular complexity index is 1270. The number of nitrogens with zero attached hydrogens (tertiary/aromatic N) is 5. The van der Waals surface area contributed by atoms with Crippen molar-refractivity contribution in [3.05, 3.63) is 55.9 Å². The van der Waals surface area contributed by atoms with Crippen LogP contribution in [0.4, 0.5) is 0 Å². The van der Waals surface area contributed by atoms with Crippen LogP contribution >= 0.6 is 23.1 Å². The minimum Gasteiger partial charge on any atom is -0.309 e. The lowest BCUT2D eigenvalue weighted by atomic mass is 9.97.